The molecule has 0 atom stereocenters. The van der Waals surface area contributed by atoms with Crippen molar-refractivity contribution in [2.45, 2.75) is 0 Å². The van der Waals surface area contributed by atoms with Gasteiger partial charge in [-0.1, -0.05) is 15.9 Å². The third-order valence-corrected chi connectivity index (χ3v) is 2.77. The van der Waals surface area contributed by atoms with Crippen LogP contribution in [0, 0.1) is 15.9 Å². The Bertz CT molecular complexity index is 668. The number of nitro groups is 1. The average Bonchev–Trinajstić information content (AvgIpc) is 2.41. The molecule has 0 spiro atoms. The lowest BCUT2D eigenvalue weighted by Gasteiger charge is -2.08. The first kappa shape index (κ1) is 14.1. The van der Waals surface area contributed by atoms with E-state index in [1.165, 1.54) is 12.1 Å². The topological polar surface area (TPSA) is 119 Å². The molecule has 0 aliphatic rings. The first-order valence-electron chi connectivity index (χ1n) is 5.21. The van der Waals surface area contributed by atoms with E-state index in [0.717, 1.165) is 6.20 Å². The van der Waals surface area contributed by atoms with E-state index >= 15 is 0 Å². The summed E-state index contributed by atoms with van der Waals surface area (Å²) in [5, 5.41) is 13.4. The summed E-state index contributed by atoms with van der Waals surface area (Å²) >= 11 is 3.11. The van der Waals surface area contributed by atoms with Crippen LogP contribution in [0.15, 0.2) is 28.9 Å². The molecule has 1 aromatic carbocycles. The molecule has 0 bridgehead atoms. The van der Waals surface area contributed by atoms with Crippen LogP contribution in [0.25, 0.3) is 0 Å². The molecule has 0 saturated carbocycles. The Labute approximate surface area is 120 Å². The van der Waals surface area contributed by atoms with Gasteiger partial charge in [0, 0.05) is 4.47 Å². The van der Waals surface area contributed by atoms with Crippen LogP contribution in [0.4, 0.5) is 27.5 Å². The van der Waals surface area contributed by atoms with Gasteiger partial charge in [-0.2, -0.15) is 4.98 Å². The number of nitrogens with zero attached hydrogens (tertiary/aromatic N) is 3. The van der Waals surface area contributed by atoms with E-state index in [1.807, 2.05) is 0 Å². The minimum absolute atomic E-state index is 0.0318. The summed E-state index contributed by atoms with van der Waals surface area (Å²) in [5.41, 5.74) is 1.80. The molecule has 1 aromatic heterocycles. The molecule has 1 heterocycles. The fourth-order valence-electron chi connectivity index (χ4n) is 1.39. The van der Waals surface area contributed by atoms with E-state index in [0.29, 0.717) is 4.47 Å². The highest BCUT2D eigenvalue weighted by atomic mass is 79.9. The zero-order valence-corrected chi connectivity index (χ0v) is 11.4. The number of hydrogen-bond donors (Lipinski definition) is 3. The maximum absolute atomic E-state index is 13.7. The fourth-order valence-corrected chi connectivity index (χ4v) is 1.72. The number of halogens is 2. The predicted octanol–water partition coefficient (Wildman–Crippen LogP) is 2.32. The quantitative estimate of drug-likeness (QED) is 0.443. The van der Waals surface area contributed by atoms with Crippen molar-refractivity contribution >= 4 is 39.1 Å². The summed E-state index contributed by atoms with van der Waals surface area (Å²) in [6, 6.07) is 4.22. The minimum Gasteiger partial charge on any atom is -0.332 e. The van der Waals surface area contributed by atoms with Crippen molar-refractivity contribution in [1.82, 2.24) is 9.97 Å². The number of nitrogens with one attached hydrogen (secondary N) is 2. The number of hydrogen-bond acceptors (Lipinski definition) is 7. The number of hydrazine groups is 1. The smallest absolute Gasteiger partial charge is 0.329 e. The van der Waals surface area contributed by atoms with Crippen LogP contribution in [-0.4, -0.2) is 14.9 Å². The molecule has 104 valence electrons. The Morgan fingerprint density at radius 3 is 2.80 bits per heavy atom. The SMILES string of the molecule is NNc1ncc([N+](=O)[O-])c(Nc2ccc(Br)cc2F)n1. The highest BCUT2D eigenvalue weighted by molar-refractivity contribution is 9.10. The van der Waals surface area contributed by atoms with Crippen LogP contribution < -0.4 is 16.6 Å². The van der Waals surface area contributed by atoms with Crippen LogP contribution >= 0.6 is 15.9 Å². The highest BCUT2D eigenvalue weighted by Gasteiger charge is 2.18. The molecule has 2 aromatic rings. The first-order chi connectivity index (χ1) is 9.51. The molecule has 20 heavy (non-hydrogen) atoms. The molecule has 0 amide bonds. The van der Waals surface area contributed by atoms with Crippen molar-refractivity contribution in [3.05, 3.63) is 44.8 Å². The summed E-state index contributed by atoms with van der Waals surface area (Å²) in [4.78, 5) is 17.6. The molecule has 0 unspecified atom stereocenters. The van der Waals surface area contributed by atoms with Gasteiger partial charge in [0.05, 0.1) is 10.6 Å². The van der Waals surface area contributed by atoms with Gasteiger partial charge in [-0.05, 0) is 18.2 Å². The van der Waals surface area contributed by atoms with E-state index in [4.69, 9.17) is 5.84 Å². The lowest BCUT2D eigenvalue weighted by Crippen LogP contribution is -2.12. The molecule has 0 radical (unpaired) electrons. The Morgan fingerprint density at radius 1 is 1.45 bits per heavy atom. The van der Waals surface area contributed by atoms with Gasteiger partial charge in [0.1, 0.15) is 12.0 Å². The standard InChI is InChI=1S/C10H8BrFN6O2/c11-5-1-2-7(6(12)3-5)15-9-8(18(19)20)4-14-10(16-9)17-13/h1-4H,13H2,(H2,14,15,16,17). The first-order valence-corrected chi connectivity index (χ1v) is 6.00. The summed E-state index contributed by atoms with van der Waals surface area (Å²) in [5.74, 6) is 4.35. The molecular formula is C10H8BrFN6O2. The normalized spacial score (nSPS) is 10.2. The van der Waals surface area contributed by atoms with Gasteiger partial charge in [-0.15, -0.1) is 0 Å². The molecule has 0 aliphatic heterocycles. The Kier molecular flexibility index (Phi) is 4.05. The molecule has 2 rings (SSSR count). The van der Waals surface area contributed by atoms with Crippen LogP contribution in [0.3, 0.4) is 0 Å². The van der Waals surface area contributed by atoms with E-state index in [-0.39, 0.29) is 17.5 Å². The lowest BCUT2D eigenvalue weighted by molar-refractivity contribution is -0.384. The van der Waals surface area contributed by atoms with Crippen LogP contribution in [0.2, 0.25) is 0 Å². The van der Waals surface area contributed by atoms with Crippen LogP contribution in [-0.2, 0) is 0 Å². The van der Waals surface area contributed by atoms with Crippen LogP contribution in [0.1, 0.15) is 0 Å². The van der Waals surface area contributed by atoms with Crippen molar-refractivity contribution in [2.75, 3.05) is 10.7 Å². The van der Waals surface area contributed by atoms with E-state index in [9.17, 15) is 14.5 Å². The summed E-state index contributed by atoms with van der Waals surface area (Å²) in [6.45, 7) is 0. The molecule has 10 heteroatoms. The second-order valence-corrected chi connectivity index (χ2v) is 4.49. The fraction of sp³-hybridized carbons (Fsp3) is 0. The number of anilines is 3. The van der Waals surface area contributed by atoms with Crippen molar-refractivity contribution in [1.29, 1.82) is 0 Å². The summed E-state index contributed by atoms with van der Waals surface area (Å²) in [7, 11) is 0. The average molecular weight is 343 g/mol. The third-order valence-electron chi connectivity index (χ3n) is 2.28. The van der Waals surface area contributed by atoms with Crippen molar-refractivity contribution in [3.63, 3.8) is 0 Å². The second kappa shape index (κ2) is 5.75. The van der Waals surface area contributed by atoms with E-state index in [2.05, 4.69) is 36.6 Å². The number of nitrogen functional groups attached to an aromatic ring is 1. The van der Waals surface area contributed by atoms with Gasteiger partial charge in [-0.25, -0.2) is 15.2 Å². The molecule has 0 aliphatic carbocycles. The monoisotopic (exact) mass is 342 g/mol. The molecule has 4 N–H and O–H groups in total. The van der Waals surface area contributed by atoms with Gasteiger partial charge in [0.2, 0.25) is 11.8 Å². The zero-order chi connectivity index (χ0) is 14.7. The highest BCUT2D eigenvalue weighted by Crippen LogP contribution is 2.28. The van der Waals surface area contributed by atoms with E-state index < -0.39 is 16.4 Å². The van der Waals surface area contributed by atoms with Gasteiger partial charge in [0.25, 0.3) is 0 Å². The van der Waals surface area contributed by atoms with Gasteiger partial charge in [-0.3, -0.25) is 15.5 Å². The number of aromatic nitrogens is 2. The molecular weight excluding hydrogens is 335 g/mol. The van der Waals surface area contributed by atoms with Crippen molar-refractivity contribution in [2.24, 2.45) is 5.84 Å². The number of rotatable bonds is 4. The second-order valence-electron chi connectivity index (χ2n) is 3.58. The Balaban J connectivity index is 2.43. The van der Waals surface area contributed by atoms with E-state index in [1.54, 1.807) is 6.07 Å². The molecule has 0 saturated heterocycles. The predicted molar refractivity (Wildman–Crippen MR) is 73.9 cm³/mol. The van der Waals surface area contributed by atoms with Gasteiger partial charge in [0.15, 0.2) is 0 Å². The maximum atomic E-state index is 13.7. The summed E-state index contributed by atoms with van der Waals surface area (Å²) in [6.07, 6.45) is 0.974. The Hall–Kier alpha value is -2.33. The largest absolute Gasteiger partial charge is 0.332 e. The number of benzene rings is 1. The van der Waals surface area contributed by atoms with Crippen molar-refractivity contribution in [3.8, 4) is 0 Å². The molecule has 8 nitrogen and oxygen atoms in total. The Morgan fingerprint density at radius 2 is 2.20 bits per heavy atom. The number of nitrogens with two attached hydrogens (primary N) is 1. The zero-order valence-electron chi connectivity index (χ0n) is 9.80. The van der Waals surface area contributed by atoms with Crippen LogP contribution in [0.5, 0.6) is 0 Å². The molecule has 0 fully saturated rings. The van der Waals surface area contributed by atoms with Gasteiger partial charge < -0.3 is 5.32 Å². The van der Waals surface area contributed by atoms with Gasteiger partial charge >= 0.3 is 5.69 Å². The lowest BCUT2D eigenvalue weighted by atomic mass is 10.3. The van der Waals surface area contributed by atoms with Crippen molar-refractivity contribution < 1.29 is 9.31 Å². The minimum atomic E-state index is -0.681. The summed E-state index contributed by atoms with van der Waals surface area (Å²) < 4.78 is 14.2. The maximum Gasteiger partial charge on any atom is 0.329 e. The third kappa shape index (κ3) is 2.97.